The van der Waals surface area contributed by atoms with Crippen LogP contribution in [0, 0.1) is 0 Å². The van der Waals surface area contributed by atoms with E-state index in [0.717, 1.165) is 37.9 Å². The van der Waals surface area contributed by atoms with Crippen LogP contribution in [-0.4, -0.2) is 5.11 Å². The molecule has 0 saturated heterocycles. The molecule has 146 valence electrons. The van der Waals surface area contributed by atoms with E-state index in [0.29, 0.717) is 5.75 Å². The molecule has 3 aromatic carbocycles. The smallest absolute Gasteiger partial charge is 0.780 e. The van der Waals surface area contributed by atoms with Crippen LogP contribution < -0.4 is 39.5 Å². The molecule has 0 aliphatic carbocycles. The van der Waals surface area contributed by atoms with Gasteiger partial charge in [0.05, 0.1) is 6.61 Å². The van der Waals surface area contributed by atoms with E-state index in [4.69, 9.17) is 0 Å². The molecule has 0 aliphatic rings. The van der Waals surface area contributed by atoms with Gasteiger partial charge in [-0.05, 0) is 28.8 Å². The van der Waals surface area contributed by atoms with Crippen LogP contribution in [-0.2, 0) is 23.5 Å². The second kappa shape index (κ2) is 12.4. The summed E-state index contributed by atoms with van der Waals surface area (Å²) in [6.45, 7) is -3.58. The molecule has 3 rings (SSSR count). The zero-order valence-corrected chi connectivity index (χ0v) is 20.7. The Morgan fingerprint density at radius 2 is 1.41 bits per heavy atom. The minimum atomic E-state index is -3.77. The molecule has 8 heteroatoms. The van der Waals surface area contributed by atoms with Gasteiger partial charge in [0, 0.05) is 22.1 Å². The topological polar surface area (TPSA) is 72.4 Å². The minimum Gasteiger partial charge on any atom is -0.780 e. The SMILES string of the molecule is O=P([O-])(NCc1ccccc1Sc1ccccc1CO)SCc1ccccc1.[Na+]. The Kier molecular flexibility index (Phi) is 10.5. The van der Waals surface area contributed by atoms with Gasteiger partial charge in [0.1, 0.15) is 6.72 Å². The first kappa shape index (κ1) is 24.7. The fourth-order valence-corrected chi connectivity index (χ4v) is 6.02. The van der Waals surface area contributed by atoms with Crippen molar-refractivity contribution in [3.63, 3.8) is 0 Å². The van der Waals surface area contributed by atoms with Crippen molar-refractivity contribution in [2.45, 2.75) is 28.7 Å². The molecule has 0 aliphatic heterocycles. The van der Waals surface area contributed by atoms with E-state index in [9.17, 15) is 14.6 Å². The van der Waals surface area contributed by atoms with Gasteiger partial charge in [-0.2, -0.15) is 0 Å². The number of hydrogen-bond donors (Lipinski definition) is 2. The number of hydrogen-bond acceptors (Lipinski definition) is 5. The van der Waals surface area contributed by atoms with Crippen LogP contribution in [0.15, 0.2) is 88.7 Å². The van der Waals surface area contributed by atoms with Gasteiger partial charge in [-0.1, -0.05) is 89.9 Å². The fraction of sp³-hybridized carbons (Fsp3) is 0.143. The van der Waals surface area contributed by atoms with Gasteiger partial charge in [0.2, 0.25) is 0 Å². The van der Waals surface area contributed by atoms with E-state index < -0.39 is 6.72 Å². The average Bonchev–Trinajstić information content (AvgIpc) is 2.73. The Hall–Kier alpha value is -0.530. The summed E-state index contributed by atoms with van der Waals surface area (Å²) in [4.78, 5) is 14.3. The maximum Gasteiger partial charge on any atom is 1.00 e. The van der Waals surface area contributed by atoms with Crippen molar-refractivity contribution in [1.29, 1.82) is 0 Å². The van der Waals surface area contributed by atoms with Gasteiger partial charge in [-0.25, -0.2) is 0 Å². The van der Waals surface area contributed by atoms with Crippen LogP contribution in [0.2, 0.25) is 0 Å². The van der Waals surface area contributed by atoms with Gasteiger partial charge in [-0.15, -0.1) is 0 Å². The zero-order chi connectivity index (χ0) is 19.8. The maximum atomic E-state index is 12.4. The Balaban J connectivity index is 0.00000300. The van der Waals surface area contributed by atoms with Gasteiger partial charge >= 0.3 is 29.6 Å². The first-order valence-corrected chi connectivity index (χ1v) is 12.8. The monoisotopic (exact) mass is 453 g/mol. The summed E-state index contributed by atoms with van der Waals surface area (Å²) in [7, 11) is 0. The number of aliphatic hydroxyl groups excluding tert-OH is 1. The summed E-state index contributed by atoms with van der Waals surface area (Å²) in [6, 6.07) is 24.9. The number of aliphatic hydroxyl groups is 1. The molecule has 0 aromatic heterocycles. The Bertz CT molecular complexity index is 959. The minimum absolute atomic E-state index is 0. The Morgan fingerprint density at radius 3 is 2.07 bits per heavy atom. The quantitative estimate of drug-likeness (QED) is 0.381. The van der Waals surface area contributed by atoms with Crippen molar-refractivity contribution < 1.29 is 44.1 Å². The zero-order valence-electron chi connectivity index (χ0n) is 16.2. The Labute approximate surface area is 202 Å². The van der Waals surface area contributed by atoms with Crippen LogP contribution in [0.1, 0.15) is 16.7 Å². The van der Waals surface area contributed by atoms with Crippen molar-refractivity contribution >= 4 is 29.9 Å². The normalized spacial score (nSPS) is 12.8. The van der Waals surface area contributed by atoms with Crippen LogP contribution in [0.25, 0.3) is 0 Å². The predicted molar refractivity (Wildman–Crippen MR) is 115 cm³/mol. The van der Waals surface area contributed by atoms with Gasteiger partial charge in [-0.3, -0.25) is 5.09 Å². The molecule has 1 atom stereocenters. The van der Waals surface area contributed by atoms with E-state index in [-0.39, 0.29) is 42.7 Å². The second-order valence-electron chi connectivity index (χ2n) is 6.07. The second-order valence-corrected chi connectivity index (χ2v) is 11.2. The fourth-order valence-electron chi connectivity index (χ4n) is 2.56. The van der Waals surface area contributed by atoms with E-state index in [1.807, 2.05) is 78.9 Å². The molecule has 0 amide bonds. The summed E-state index contributed by atoms with van der Waals surface area (Å²) >= 11 is 2.44. The van der Waals surface area contributed by atoms with Crippen molar-refractivity contribution in [2.75, 3.05) is 0 Å². The average molecular weight is 454 g/mol. The van der Waals surface area contributed by atoms with E-state index >= 15 is 0 Å². The van der Waals surface area contributed by atoms with Crippen molar-refractivity contribution in [1.82, 2.24) is 5.09 Å². The molecule has 0 spiro atoms. The molecule has 0 fully saturated rings. The molecule has 29 heavy (non-hydrogen) atoms. The molecule has 2 N–H and O–H groups in total. The van der Waals surface area contributed by atoms with Crippen LogP contribution in [0.5, 0.6) is 0 Å². The molecular formula is C21H21NNaO3PS2. The summed E-state index contributed by atoms with van der Waals surface area (Å²) in [5.74, 6) is 0.412. The molecule has 0 saturated carbocycles. The third kappa shape index (κ3) is 7.91. The molecule has 0 bridgehead atoms. The predicted octanol–water partition coefficient (Wildman–Crippen LogP) is 1.83. The van der Waals surface area contributed by atoms with E-state index in [1.165, 1.54) is 11.8 Å². The molecule has 1 unspecified atom stereocenters. The third-order valence-electron chi connectivity index (χ3n) is 4.04. The number of nitrogens with one attached hydrogen (secondary N) is 1. The molecule has 4 nitrogen and oxygen atoms in total. The van der Waals surface area contributed by atoms with Crippen molar-refractivity contribution in [3.8, 4) is 0 Å². The summed E-state index contributed by atoms with van der Waals surface area (Å²) < 4.78 is 12.4. The molecule has 3 aromatic rings. The van der Waals surface area contributed by atoms with Crippen LogP contribution in [0.4, 0.5) is 0 Å². The molecule has 0 radical (unpaired) electrons. The largest absolute Gasteiger partial charge is 1.00 e. The number of rotatable bonds is 9. The first-order chi connectivity index (χ1) is 13.6. The van der Waals surface area contributed by atoms with Crippen LogP contribution >= 0.6 is 29.9 Å². The summed E-state index contributed by atoms with van der Waals surface area (Å²) in [5.41, 5.74) is 2.72. The number of benzene rings is 3. The standard InChI is InChI=1S/C21H22NO3PS2.Na/c23-15-19-11-5-7-13-21(19)28-20-12-6-4-10-18(20)14-22-26(24,25)27-16-17-8-2-1-3-9-17;/h1-13,23H,14-16H2,(H2,22,24,25);/q;+1/p-1. The van der Waals surface area contributed by atoms with Gasteiger partial charge in [0.15, 0.2) is 0 Å². The van der Waals surface area contributed by atoms with Gasteiger partial charge < -0.3 is 14.6 Å². The van der Waals surface area contributed by atoms with Gasteiger partial charge in [0.25, 0.3) is 0 Å². The van der Waals surface area contributed by atoms with E-state index in [2.05, 4.69) is 5.09 Å². The first-order valence-electron chi connectivity index (χ1n) is 8.76. The van der Waals surface area contributed by atoms with E-state index in [1.54, 1.807) is 0 Å². The molecule has 0 heterocycles. The summed E-state index contributed by atoms with van der Waals surface area (Å²) in [5, 5.41) is 12.2. The van der Waals surface area contributed by atoms with Crippen molar-refractivity contribution in [3.05, 3.63) is 95.6 Å². The third-order valence-corrected chi connectivity index (χ3v) is 8.42. The molecular weight excluding hydrogens is 432 g/mol. The Morgan fingerprint density at radius 1 is 0.862 bits per heavy atom. The summed E-state index contributed by atoms with van der Waals surface area (Å²) in [6.07, 6.45) is 0. The van der Waals surface area contributed by atoms with Crippen molar-refractivity contribution in [2.24, 2.45) is 0 Å². The maximum absolute atomic E-state index is 12.4. The van der Waals surface area contributed by atoms with Crippen LogP contribution in [0.3, 0.4) is 0 Å².